The van der Waals surface area contributed by atoms with Gasteiger partial charge in [-0.3, -0.25) is 0 Å². The van der Waals surface area contributed by atoms with Crippen LogP contribution in [0.2, 0.25) is 0 Å². The van der Waals surface area contributed by atoms with Crippen molar-refractivity contribution in [2.75, 3.05) is 7.05 Å². The molecule has 0 saturated carbocycles. The van der Waals surface area contributed by atoms with Crippen molar-refractivity contribution < 1.29 is 17.7 Å². The monoisotopic (exact) mass is 409 g/mol. The molecule has 11 heteroatoms. The molecule has 3 N–H and O–H groups in total. The summed E-state index contributed by atoms with van der Waals surface area (Å²) in [4.78, 5) is 17.1. The van der Waals surface area contributed by atoms with Crippen LogP contribution >= 0.6 is 0 Å². The molecule has 0 amide bonds. The maximum absolute atomic E-state index is 15.4. The summed E-state index contributed by atoms with van der Waals surface area (Å²) in [6.07, 6.45) is 4.61. The van der Waals surface area contributed by atoms with Crippen LogP contribution in [-0.2, 0) is 0 Å². The van der Waals surface area contributed by atoms with Crippen LogP contribution in [0.3, 0.4) is 0 Å². The molecule has 0 aromatic carbocycles. The van der Waals surface area contributed by atoms with E-state index in [0.717, 1.165) is 18.5 Å². The van der Waals surface area contributed by atoms with E-state index in [0.29, 0.717) is 16.6 Å². The van der Waals surface area contributed by atoms with Crippen molar-refractivity contribution in [2.45, 2.75) is 31.1 Å². The Bertz CT molecular complexity index is 959. The third-order valence-electron chi connectivity index (χ3n) is 5.65. The Morgan fingerprint density at radius 1 is 1.34 bits per heavy atom. The van der Waals surface area contributed by atoms with E-state index < -0.39 is 28.7 Å². The number of fused-ring (bicyclic) bond motifs is 1. The highest BCUT2D eigenvalue weighted by Crippen LogP contribution is 2.56. The summed E-state index contributed by atoms with van der Waals surface area (Å²) < 4.78 is 54.7. The number of aromatic amines is 1. The number of nitrogens with zero attached hydrogens (tertiary/aromatic N) is 5. The molecule has 4 rings (SSSR count). The molecule has 3 aliphatic rings. The smallest absolute Gasteiger partial charge is 0.369 e. The number of alkyl halides is 3. The van der Waals surface area contributed by atoms with Crippen molar-refractivity contribution in [1.82, 2.24) is 20.0 Å². The Balaban J connectivity index is 1.88. The fourth-order valence-electron chi connectivity index (χ4n) is 4.17. The standard InChI is InChI=1S/C18H19F4N7/c1-16(5-3-11(4-6-16)18(19,20)21)13(14-25-7-8-26-14)17-12(9-24-10-29(17)22)28(2)15(23)27-17/h3-5,7-10,13H,6H2,1-2H3,(H2,23,27)(H,25,26). The van der Waals surface area contributed by atoms with Gasteiger partial charge in [-0.05, 0) is 6.42 Å². The molecular weight excluding hydrogens is 390 g/mol. The first-order chi connectivity index (χ1) is 13.6. The van der Waals surface area contributed by atoms with E-state index in [4.69, 9.17) is 5.73 Å². The van der Waals surface area contributed by atoms with Crippen LogP contribution in [0.4, 0.5) is 17.7 Å². The van der Waals surface area contributed by atoms with E-state index in [1.165, 1.54) is 23.4 Å². The predicted octanol–water partition coefficient (Wildman–Crippen LogP) is 2.97. The molecule has 1 aromatic heterocycles. The van der Waals surface area contributed by atoms with Crippen LogP contribution in [0.5, 0.6) is 0 Å². The molecule has 3 unspecified atom stereocenters. The first kappa shape index (κ1) is 19.2. The maximum Gasteiger partial charge on any atom is 0.416 e. The van der Waals surface area contributed by atoms with Gasteiger partial charge in [-0.25, -0.2) is 15.0 Å². The van der Waals surface area contributed by atoms with Crippen molar-refractivity contribution in [1.29, 1.82) is 0 Å². The number of hydrogen-bond acceptors (Lipinski definition) is 6. The normalized spacial score (nSPS) is 30.1. The first-order valence-corrected chi connectivity index (χ1v) is 8.83. The van der Waals surface area contributed by atoms with Crippen molar-refractivity contribution in [3.05, 3.63) is 53.9 Å². The number of guanidine groups is 1. The molecule has 7 nitrogen and oxygen atoms in total. The number of aliphatic imine (C=N–C) groups is 2. The maximum atomic E-state index is 15.4. The SMILES string of the molecule is CN1C2=CN=CN(F)C2(C(c2ncc[nH]2)C2(C)C=CC(C(F)(F)F)=CC2)N=C1N. The van der Waals surface area contributed by atoms with Gasteiger partial charge in [0.1, 0.15) is 12.2 Å². The van der Waals surface area contributed by atoms with Crippen LogP contribution in [0, 0.1) is 5.41 Å². The molecular formula is C18H19F4N7. The Kier molecular flexibility index (Phi) is 4.10. The lowest BCUT2D eigenvalue weighted by molar-refractivity contribution is -0.0892. The lowest BCUT2D eigenvalue weighted by Crippen LogP contribution is -2.54. The van der Waals surface area contributed by atoms with Gasteiger partial charge in [0.25, 0.3) is 0 Å². The number of rotatable bonds is 3. The Labute approximate surface area is 163 Å². The van der Waals surface area contributed by atoms with E-state index in [-0.39, 0.29) is 12.4 Å². The number of allylic oxidation sites excluding steroid dienone is 4. The second-order valence-corrected chi connectivity index (χ2v) is 7.45. The van der Waals surface area contributed by atoms with Crippen molar-refractivity contribution in [3.8, 4) is 0 Å². The Hall–Kier alpha value is -3.11. The number of nitrogens with two attached hydrogens (primary N) is 1. The van der Waals surface area contributed by atoms with Gasteiger partial charge in [-0.2, -0.15) is 18.3 Å². The van der Waals surface area contributed by atoms with Gasteiger partial charge in [0.2, 0.25) is 5.66 Å². The molecule has 1 aliphatic carbocycles. The second-order valence-electron chi connectivity index (χ2n) is 7.45. The Morgan fingerprint density at radius 2 is 2.10 bits per heavy atom. The summed E-state index contributed by atoms with van der Waals surface area (Å²) in [6, 6.07) is 0. The van der Waals surface area contributed by atoms with Gasteiger partial charge < -0.3 is 15.6 Å². The summed E-state index contributed by atoms with van der Waals surface area (Å²) in [5.41, 5.74) is 3.00. The van der Waals surface area contributed by atoms with Gasteiger partial charge in [0.05, 0.1) is 23.4 Å². The average molecular weight is 409 g/mol. The number of H-pyrrole nitrogens is 1. The number of imidazole rings is 1. The molecule has 0 radical (unpaired) electrons. The summed E-state index contributed by atoms with van der Waals surface area (Å²) in [7, 11) is 1.63. The fourth-order valence-corrected chi connectivity index (χ4v) is 4.17. The van der Waals surface area contributed by atoms with Gasteiger partial charge in [-0.1, -0.05) is 29.6 Å². The molecule has 0 spiro atoms. The van der Waals surface area contributed by atoms with Crippen LogP contribution in [-0.4, -0.2) is 51.2 Å². The highest BCUT2D eigenvalue weighted by molar-refractivity contribution is 5.85. The minimum atomic E-state index is -4.46. The quantitative estimate of drug-likeness (QED) is 0.594. The van der Waals surface area contributed by atoms with Gasteiger partial charge >= 0.3 is 6.18 Å². The third kappa shape index (κ3) is 2.75. The van der Waals surface area contributed by atoms with Gasteiger partial charge in [-0.15, -0.1) is 0 Å². The van der Waals surface area contributed by atoms with Crippen LogP contribution in [0.25, 0.3) is 0 Å². The Morgan fingerprint density at radius 3 is 2.69 bits per heavy atom. The lowest BCUT2D eigenvalue weighted by atomic mass is 9.65. The van der Waals surface area contributed by atoms with Gasteiger partial charge in [0, 0.05) is 24.9 Å². The molecule has 3 heterocycles. The highest BCUT2D eigenvalue weighted by Gasteiger charge is 2.61. The molecule has 29 heavy (non-hydrogen) atoms. The van der Waals surface area contributed by atoms with Crippen LogP contribution in [0.15, 0.2) is 58.1 Å². The second kappa shape index (κ2) is 6.19. The highest BCUT2D eigenvalue weighted by atomic mass is 19.4. The van der Waals surface area contributed by atoms with Crippen molar-refractivity contribution in [3.63, 3.8) is 0 Å². The van der Waals surface area contributed by atoms with E-state index in [1.54, 1.807) is 20.2 Å². The zero-order chi connectivity index (χ0) is 21.0. The average Bonchev–Trinajstić information content (AvgIpc) is 3.24. The van der Waals surface area contributed by atoms with E-state index >= 15 is 4.48 Å². The first-order valence-electron chi connectivity index (χ1n) is 8.83. The third-order valence-corrected chi connectivity index (χ3v) is 5.65. The van der Waals surface area contributed by atoms with Gasteiger partial charge in [0.15, 0.2) is 5.96 Å². The number of nitrogens with one attached hydrogen (secondary N) is 1. The van der Waals surface area contributed by atoms with E-state index in [1.807, 2.05) is 0 Å². The lowest BCUT2D eigenvalue weighted by Gasteiger charge is -2.47. The summed E-state index contributed by atoms with van der Waals surface area (Å²) >= 11 is 0. The zero-order valence-electron chi connectivity index (χ0n) is 15.7. The summed E-state index contributed by atoms with van der Waals surface area (Å²) in [5.74, 6) is -0.397. The molecule has 3 atom stereocenters. The molecule has 0 bridgehead atoms. The predicted molar refractivity (Wildman–Crippen MR) is 99.0 cm³/mol. The minimum Gasteiger partial charge on any atom is -0.369 e. The molecule has 0 fully saturated rings. The number of likely N-dealkylation sites (N-methyl/N-ethyl adjacent to an activating group) is 1. The fraction of sp³-hybridized carbons (Fsp3) is 0.389. The molecule has 0 saturated heterocycles. The largest absolute Gasteiger partial charge is 0.416 e. The number of hydrogen-bond donors (Lipinski definition) is 2. The molecule has 1 aromatic rings. The van der Waals surface area contributed by atoms with Crippen molar-refractivity contribution in [2.24, 2.45) is 21.1 Å². The van der Waals surface area contributed by atoms with E-state index in [9.17, 15) is 13.2 Å². The van der Waals surface area contributed by atoms with E-state index in [2.05, 4.69) is 20.0 Å². The summed E-state index contributed by atoms with van der Waals surface area (Å²) in [6.45, 7) is 1.75. The number of aromatic nitrogens is 2. The van der Waals surface area contributed by atoms with Crippen molar-refractivity contribution >= 4 is 12.3 Å². The summed E-state index contributed by atoms with van der Waals surface area (Å²) in [5, 5.41) is 0.341. The van der Waals surface area contributed by atoms with Crippen LogP contribution < -0.4 is 5.73 Å². The van der Waals surface area contributed by atoms with Crippen LogP contribution in [0.1, 0.15) is 25.1 Å². The zero-order valence-corrected chi connectivity index (χ0v) is 15.7. The topological polar surface area (TPSA) is 85.9 Å². The molecule has 2 aliphatic heterocycles. The minimum absolute atomic E-state index is 0.00284. The molecule has 154 valence electrons. The number of halogens is 4.